The lowest BCUT2D eigenvalue weighted by Gasteiger charge is -2.13. The Morgan fingerprint density at radius 1 is 1.24 bits per heavy atom. The summed E-state index contributed by atoms with van der Waals surface area (Å²) in [4.78, 5) is 23.7. The standard InChI is InChI=1S/C21H21N5O2S/c22-19-17(21(27)23-11-14-6-4-10-29-14)18-20(26(19)12-13-5-3-9-28-13)25-16-8-2-1-7-15(16)24-18/h1-2,4,6-8,10,13H,3,5,9,11-12,22H2,(H,23,27)/t13-/m0/s1. The number of nitrogens with two attached hydrogens (primary N) is 1. The van der Waals surface area contributed by atoms with Crippen molar-refractivity contribution in [2.75, 3.05) is 12.3 Å². The molecule has 148 valence electrons. The third kappa shape index (κ3) is 3.34. The number of nitrogens with zero attached hydrogens (tertiary/aromatic N) is 3. The Morgan fingerprint density at radius 3 is 2.79 bits per heavy atom. The first-order valence-corrected chi connectivity index (χ1v) is 10.6. The molecule has 1 aromatic carbocycles. The summed E-state index contributed by atoms with van der Waals surface area (Å²) in [6, 6.07) is 11.6. The number of anilines is 1. The van der Waals surface area contributed by atoms with Crippen molar-refractivity contribution in [1.29, 1.82) is 0 Å². The Morgan fingerprint density at radius 2 is 2.07 bits per heavy atom. The minimum Gasteiger partial charge on any atom is -0.384 e. The predicted molar refractivity (Wildman–Crippen MR) is 114 cm³/mol. The molecule has 0 radical (unpaired) electrons. The summed E-state index contributed by atoms with van der Waals surface area (Å²) in [6.45, 7) is 1.77. The number of para-hydroxylation sites is 2. The highest BCUT2D eigenvalue weighted by atomic mass is 32.1. The van der Waals surface area contributed by atoms with Crippen molar-refractivity contribution >= 4 is 45.3 Å². The van der Waals surface area contributed by atoms with Gasteiger partial charge in [-0.15, -0.1) is 11.3 Å². The van der Waals surface area contributed by atoms with Crippen LogP contribution in [-0.4, -0.2) is 33.2 Å². The molecular formula is C21H21N5O2S. The molecule has 1 saturated heterocycles. The van der Waals surface area contributed by atoms with Crippen LogP contribution >= 0.6 is 11.3 Å². The van der Waals surface area contributed by atoms with Crippen LogP contribution in [-0.2, 0) is 17.8 Å². The van der Waals surface area contributed by atoms with Gasteiger partial charge in [0.25, 0.3) is 5.91 Å². The van der Waals surface area contributed by atoms with Crippen LogP contribution in [0, 0.1) is 0 Å². The Labute approximate surface area is 171 Å². The Bertz CT molecular complexity index is 1180. The summed E-state index contributed by atoms with van der Waals surface area (Å²) >= 11 is 1.60. The number of fused-ring (bicyclic) bond motifs is 2. The van der Waals surface area contributed by atoms with Crippen LogP contribution in [0.3, 0.4) is 0 Å². The lowest BCUT2D eigenvalue weighted by Crippen LogP contribution is -2.24. The third-order valence-electron chi connectivity index (χ3n) is 5.23. The normalized spacial score (nSPS) is 16.6. The molecule has 4 aromatic rings. The minimum atomic E-state index is -0.239. The molecule has 0 unspecified atom stereocenters. The van der Waals surface area contributed by atoms with Crippen molar-refractivity contribution in [3.8, 4) is 0 Å². The molecule has 0 spiro atoms. The first kappa shape index (κ1) is 18.1. The smallest absolute Gasteiger partial charge is 0.257 e. The maximum atomic E-state index is 13.1. The highest BCUT2D eigenvalue weighted by Crippen LogP contribution is 2.29. The van der Waals surface area contributed by atoms with E-state index in [0.29, 0.717) is 35.6 Å². The Hall–Kier alpha value is -2.97. The van der Waals surface area contributed by atoms with E-state index in [0.717, 1.165) is 35.4 Å². The third-order valence-corrected chi connectivity index (χ3v) is 6.11. The molecule has 1 fully saturated rings. The number of amides is 1. The van der Waals surface area contributed by atoms with Gasteiger partial charge >= 0.3 is 0 Å². The van der Waals surface area contributed by atoms with E-state index in [-0.39, 0.29) is 12.0 Å². The Kier molecular flexibility index (Phi) is 4.65. The summed E-state index contributed by atoms with van der Waals surface area (Å²) in [5.41, 5.74) is 9.52. The quantitative estimate of drug-likeness (QED) is 0.529. The molecular weight excluding hydrogens is 386 g/mol. The van der Waals surface area contributed by atoms with Crippen LogP contribution in [0.5, 0.6) is 0 Å². The van der Waals surface area contributed by atoms with Gasteiger partial charge in [-0.25, -0.2) is 9.97 Å². The van der Waals surface area contributed by atoms with Crippen LogP contribution in [0.4, 0.5) is 5.82 Å². The molecule has 1 atom stereocenters. The van der Waals surface area contributed by atoms with E-state index in [1.54, 1.807) is 11.3 Å². The van der Waals surface area contributed by atoms with Crippen molar-refractivity contribution in [2.24, 2.45) is 0 Å². The van der Waals surface area contributed by atoms with E-state index in [1.165, 1.54) is 0 Å². The molecule has 0 saturated carbocycles. The monoisotopic (exact) mass is 407 g/mol. The average molecular weight is 407 g/mol. The molecule has 4 heterocycles. The summed E-state index contributed by atoms with van der Waals surface area (Å²) in [5, 5.41) is 4.96. The van der Waals surface area contributed by atoms with Crippen LogP contribution < -0.4 is 11.1 Å². The average Bonchev–Trinajstić information content (AvgIpc) is 3.48. The van der Waals surface area contributed by atoms with Crippen molar-refractivity contribution in [3.63, 3.8) is 0 Å². The maximum Gasteiger partial charge on any atom is 0.257 e. The highest BCUT2D eigenvalue weighted by molar-refractivity contribution is 7.09. The lowest BCUT2D eigenvalue weighted by atomic mass is 10.2. The topological polar surface area (TPSA) is 95.1 Å². The lowest BCUT2D eigenvalue weighted by molar-refractivity contribution is 0.0947. The van der Waals surface area contributed by atoms with E-state index in [4.69, 9.17) is 20.4 Å². The number of benzene rings is 1. The van der Waals surface area contributed by atoms with Crippen molar-refractivity contribution in [1.82, 2.24) is 19.9 Å². The van der Waals surface area contributed by atoms with Crippen LogP contribution in [0.2, 0.25) is 0 Å². The number of hydrogen-bond donors (Lipinski definition) is 2. The minimum absolute atomic E-state index is 0.0724. The molecule has 0 aliphatic carbocycles. The van der Waals surface area contributed by atoms with Gasteiger partial charge in [0.15, 0.2) is 5.65 Å². The van der Waals surface area contributed by atoms with Gasteiger partial charge < -0.3 is 20.4 Å². The number of rotatable bonds is 5. The van der Waals surface area contributed by atoms with E-state index >= 15 is 0 Å². The van der Waals surface area contributed by atoms with Gasteiger partial charge in [0, 0.05) is 11.5 Å². The molecule has 1 aliphatic heterocycles. The number of nitrogens with one attached hydrogen (secondary N) is 1. The first-order valence-electron chi connectivity index (χ1n) is 9.67. The van der Waals surface area contributed by atoms with Gasteiger partial charge in [0.1, 0.15) is 16.9 Å². The van der Waals surface area contributed by atoms with Crippen LogP contribution in [0.25, 0.3) is 22.2 Å². The fourth-order valence-electron chi connectivity index (χ4n) is 3.79. The van der Waals surface area contributed by atoms with Crippen LogP contribution in [0.1, 0.15) is 28.1 Å². The summed E-state index contributed by atoms with van der Waals surface area (Å²) in [7, 11) is 0. The van der Waals surface area contributed by atoms with Gasteiger partial charge in [-0.3, -0.25) is 4.79 Å². The molecule has 3 N–H and O–H groups in total. The second kappa shape index (κ2) is 7.46. The molecule has 0 bridgehead atoms. The number of nitrogen functional groups attached to an aromatic ring is 1. The number of ether oxygens (including phenoxy) is 1. The summed E-state index contributed by atoms with van der Waals surface area (Å²) in [5.74, 6) is 0.144. The summed E-state index contributed by atoms with van der Waals surface area (Å²) < 4.78 is 7.67. The van der Waals surface area contributed by atoms with Crippen molar-refractivity contribution in [2.45, 2.75) is 32.0 Å². The maximum absolute atomic E-state index is 13.1. The molecule has 8 heteroatoms. The highest BCUT2D eigenvalue weighted by Gasteiger charge is 2.26. The number of aromatic nitrogens is 3. The fraction of sp³-hybridized carbons (Fsp3) is 0.286. The van der Waals surface area contributed by atoms with Crippen molar-refractivity contribution < 1.29 is 9.53 Å². The number of thiophene rings is 1. The molecule has 1 aliphatic rings. The van der Waals surface area contributed by atoms with Crippen molar-refractivity contribution in [3.05, 3.63) is 52.2 Å². The molecule has 7 nitrogen and oxygen atoms in total. The van der Waals surface area contributed by atoms with Gasteiger partial charge in [-0.05, 0) is 36.4 Å². The number of carbonyl (C=O) groups excluding carboxylic acids is 1. The first-order chi connectivity index (χ1) is 14.2. The Balaban J connectivity index is 1.59. The second-order valence-electron chi connectivity index (χ2n) is 7.15. The summed E-state index contributed by atoms with van der Waals surface area (Å²) in [6.07, 6.45) is 2.08. The zero-order valence-corrected chi connectivity index (χ0v) is 16.6. The fourth-order valence-corrected chi connectivity index (χ4v) is 4.43. The molecule has 3 aromatic heterocycles. The van der Waals surface area contributed by atoms with E-state index in [9.17, 15) is 4.79 Å². The van der Waals surface area contributed by atoms with Gasteiger partial charge in [-0.2, -0.15) is 0 Å². The molecule has 29 heavy (non-hydrogen) atoms. The van der Waals surface area contributed by atoms with Crippen LogP contribution in [0.15, 0.2) is 41.8 Å². The van der Waals surface area contributed by atoms with Gasteiger partial charge in [0.2, 0.25) is 0 Å². The second-order valence-corrected chi connectivity index (χ2v) is 8.18. The SMILES string of the molecule is Nc1c(C(=O)NCc2cccs2)c2nc3ccccc3nc2n1C[C@@H]1CCCO1. The van der Waals surface area contributed by atoms with E-state index in [1.807, 2.05) is 46.3 Å². The number of hydrogen-bond acceptors (Lipinski definition) is 6. The largest absolute Gasteiger partial charge is 0.384 e. The van der Waals surface area contributed by atoms with Gasteiger partial charge in [-0.1, -0.05) is 18.2 Å². The molecule has 5 rings (SSSR count). The van der Waals surface area contributed by atoms with E-state index in [2.05, 4.69) is 5.32 Å². The predicted octanol–water partition coefficient (Wildman–Crippen LogP) is 3.34. The van der Waals surface area contributed by atoms with Gasteiger partial charge in [0.05, 0.1) is 30.2 Å². The zero-order chi connectivity index (χ0) is 19.8. The van der Waals surface area contributed by atoms with E-state index < -0.39 is 0 Å². The molecule has 1 amide bonds. The zero-order valence-electron chi connectivity index (χ0n) is 15.8. The number of carbonyl (C=O) groups is 1.